The molecule has 0 radical (unpaired) electrons. The summed E-state index contributed by atoms with van der Waals surface area (Å²) in [6.45, 7) is 7.37. The van der Waals surface area contributed by atoms with Crippen molar-refractivity contribution in [1.29, 1.82) is 0 Å². The molecule has 8 aliphatic rings. The quantitative estimate of drug-likeness (QED) is 0.228. The van der Waals surface area contributed by atoms with Gasteiger partial charge in [-0.1, -0.05) is 32.4 Å². The summed E-state index contributed by atoms with van der Waals surface area (Å²) in [7, 11) is 0. The second kappa shape index (κ2) is 9.53. The molecule has 2 saturated carbocycles. The predicted octanol–water partition coefficient (Wildman–Crippen LogP) is 2.73. The topological polar surface area (TPSA) is 165 Å². The molecule has 3 N–H and O–H groups in total. The van der Waals surface area contributed by atoms with Crippen LogP contribution in [-0.2, 0) is 39.8 Å². The monoisotopic (exact) mass is 640 g/mol. The van der Waals surface area contributed by atoms with Crippen molar-refractivity contribution in [3.8, 4) is 0 Å². The third-order valence-corrected chi connectivity index (χ3v) is 13.7. The summed E-state index contributed by atoms with van der Waals surface area (Å²) < 4.78 is 31.3. The molecule has 6 fully saturated rings. The standard InChI is InChI=1S/C35H44O11/c1-5-7-18(20(37)16-36)14-21-19(9-13-42-21)27-31(4)12-8-22-32(35(31)28(46-35)29(41)44-27)10-6-11-34(26(40)25(32)39)30(2,3)45-23-15-24(38)43-17-33(22,23)34/h6,9,11,13,18,20,22-23,25,27-28,36-37,39H,5,7-8,10,12,14-17H2,1-4H3/t18-,20-,22-,23+,25-,27-,28-,31-,32+,33-,34+,35+/m1/s1. The normalized spacial score (nSPS) is 47.4. The molecule has 5 heterocycles. The number of ketones is 1. The Balaban J connectivity index is 1.28. The van der Waals surface area contributed by atoms with E-state index in [1.807, 2.05) is 39.8 Å². The minimum atomic E-state index is -1.47. The Kier molecular flexibility index (Phi) is 6.37. The van der Waals surface area contributed by atoms with Gasteiger partial charge < -0.3 is 38.7 Å². The molecule has 4 aliphatic carbocycles. The Labute approximate surface area is 267 Å². The molecular weight excluding hydrogens is 596 g/mol. The van der Waals surface area contributed by atoms with Gasteiger partial charge in [-0.25, -0.2) is 4.79 Å². The number of ether oxygens (including phenoxy) is 4. The molecule has 46 heavy (non-hydrogen) atoms. The first-order chi connectivity index (χ1) is 21.8. The molecule has 11 heteroatoms. The zero-order valence-electron chi connectivity index (χ0n) is 26.8. The van der Waals surface area contributed by atoms with Crippen molar-refractivity contribution in [2.75, 3.05) is 13.2 Å². The van der Waals surface area contributed by atoms with Gasteiger partial charge >= 0.3 is 11.9 Å². The Bertz CT molecular complexity index is 1530. The number of esters is 2. The van der Waals surface area contributed by atoms with Gasteiger partial charge in [0.05, 0.1) is 47.9 Å². The molecule has 12 atom stereocenters. The number of fused-ring (bicyclic) bond motifs is 2. The summed E-state index contributed by atoms with van der Waals surface area (Å²) in [5, 5.41) is 32.8. The van der Waals surface area contributed by atoms with Crippen LogP contribution in [0.3, 0.4) is 0 Å². The number of aliphatic hydroxyl groups excluding tert-OH is 3. The lowest BCUT2D eigenvalue weighted by Crippen LogP contribution is -2.79. The van der Waals surface area contributed by atoms with Crippen LogP contribution in [0.15, 0.2) is 28.9 Å². The lowest BCUT2D eigenvalue weighted by atomic mass is 9.33. The highest BCUT2D eigenvalue weighted by molar-refractivity contribution is 5.97. The maximum Gasteiger partial charge on any atom is 0.339 e. The Hall–Kier alpha value is -2.57. The van der Waals surface area contributed by atoms with E-state index in [-0.39, 0.29) is 43.2 Å². The first kappa shape index (κ1) is 30.7. The summed E-state index contributed by atoms with van der Waals surface area (Å²) in [5.74, 6) is -1.39. The summed E-state index contributed by atoms with van der Waals surface area (Å²) in [6.07, 6.45) is 3.82. The number of hydrogen-bond acceptors (Lipinski definition) is 11. The number of carbonyl (C=O) groups is 3. The molecule has 0 aromatic carbocycles. The number of aliphatic hydroxyl groups is 3. The van der Waals surface area contributed by atoms with Gasteiger partial charge in [-0.3, -0.25) is 9.59 Å². The van der Waals surface area contributed by atoms with E-state index in [0.29, 0.717) is 43.4 Å². The third-order valence-electron chi connectivity index (χ3n) is 13.7. The minimum Gasteiger partial charge on any atom is -0.469 e. The van der Waals surface area contributed by atoms with E-state index >= 15 is 0 Å². The zero-order chi connectivity index (χ0) is 32.7. The van der Waals surface area contributed by atoms with E-state index < -0.39 is 69.4 Å². The largest absolute Gasteiger partial charge is 0.469 e. The van der Waals surface area contributed by atoms with Gasteiger partial charge in [-0.2, -0.15) is 0 Å². The fourth-order valence-corrected chi connectivity index (χ4v) is 12.0. The van der Waals surface area contributed by atoms with E-state index in [0.717, 1.165) is 6.42 Å². The number of epoxide rings is 1. The molecule has 0 amide bonds. The molecular formula is C35H44O11. The van der Waals surface area contributed by atoms with Crippen LogP contribution in [0.25, 0.3) is 0 Å². The molecule has 4 spiro atoms. The predicted molar refractivity (Wildman–Crippen MR) is 158 cm³/mol. The highest BCUT2D eigenvalue weighted by atomic mass is 16.7. The van der Waals surface area contributed by atoms with Gasteiger partial charge in [0, 0.05) is 22.8 Å². The van der Waals surface area contributed by atoms with Gasteiger partial charge in [-0.15, -0.1) is 0 Å². The Morgan fingerprint density at radius 2 is 1.87 bits per heavy atom. The average Bonchev–Trinajstić information content (AvgIpc) is 3.64. The van der Waals surface area contributed by atoms with E-state index in [1.165, 1.54) is 0 Å². The van der Waals surface area contributed by atoms with Crippen LogP contribution in [0, 0.1) is 33.5 Å². The van der Waals surface area contributed by atoms with Crippen molar-refractivity contribution in [2.24, 2.45) is 33.5 Å². The first-order valence-corrected chi connectivity index (χ1v) is 16.8. The number of furan rings is 1. The van der Waals surface area contributed by atoms with Crippen molar-refractivity contribution >= 4 is 17.7 Å². The van der Waals surface area contributed by atoms with Crippen LogP contribution < -0.4 is 0 Å². The lowest BCUT2D eigenvalue weighted by Gasteiger charge is -2.68. The van der Waals surface area contributed by atoms with E-state index in [1.54, 1.807) is 12.3 Å². The summed E-state index contributed by atoms with van der Waals surface area (Å²) in [5.41, 5.74) is -5.90. The van der Waals surface area contributed by atoms with E-state index in [2.05, 4.69) is 0 Å². The molecule has 0 unspecified atom stereocenters. The van der Waals surface area contributed by atoms with Crippen LogP contribution in [0.4, 0.5) is 0 Å². The highest BCUT2D eigenvalue weighted by Gasteiger charge is 2.94. The van der Waals surface area contributed by atoms with Crippen LogP contribution in [0.2, 0.25) is 0 Å². The van der Waals surface area contributed by atoms with E-state index in [9.17, 15) is 29.7 Å². The first-order valence-electron chi connectivity index (χ1n) is 16.8. The van der Waals surface area contributed by atoms with Gasteiger partial charge in [0.25, 0.3) is 0 Å². The maximum absolute atomic E-state index is 14.9. The second-order valence-electron chi connectivity index (χ2n) is 15.6. The Morgan fingerprint density at radius 3 is 2.61 bits per heavy atom. The summed E-state index contributed by atoms with van der Waals surface area (Å²) in [6, 6.07) is 1.79. The number of rotatable bonds is 7. The van der Waals surface area contributed by atoms with Gasteiger partial charge in [0.1, 0.15) is 30.2 Å². The molecule has 250 valence electrons. The SMILES string of the molecule is CCC[C@H](Cc1occc1[C@H]1OC(=O)[C@H]2O[C@@]23[C@]24CC=C[C@]5(C(=O)[C@H]2O)C(C)(C)O[C@H]2CC(=O)OC[C@@]25[C@@H]4CC[C@]13C)[C@H](O)CO. The maximum atomic E-state index is 14.9. The summed E-state index contributed by atoms with van der Waals surface area (Å²) in [4.78, 5) is 41.5. The van der Waals surface area contributed by atoms with Crippen LogP contribution in [0.5, 0.6) is 0 Å². The van der Waals surface area contributed by atoms with Crippen molar-refractivity contribution in [2.45, 2.75) is 114 Å². The fraction of sp³-hybridized carbons (Fsp3) is 0.743. The van der Waals surface area contributed by atoms with Gasteiger partial charge in [-0.05, 0) is 57.4 Å². The van der Waals surface area contributed by atoms with E-state index in [4.69, 9.17) is 23.4 Å². The summed E-state index contributed by atoms with van der Waals surface area (Å²) >= 11 is 0. The lowest BCUT2D eigenvalue weighted by molar-refractivity contribution is -0.262. The smallest absolute Gasteiger partial charge is 0.339 e. The second-order valence-corrected chi connectivity index (χ2v) is 15.6. The van der Waals surface area contributed by atoms with Crippen LogP contribution in [0.1, 0.15) is 83.6 Å². The third kappa shape index (κ3) is 3.16. The fourth-order valence-electron chi connectivity index (χ4n) is 12.0. The number of hydrogen-bond donors (Lipinski definition) is 3. The average molecular weight is 641 g/mol. The molecule has 2 bridgehead atoms. The molecule has 9 rings (SSSR count). The molecule has 4 aliphatic heterocycles. The van der Waals surface area contributed by atoms with Crippen molar-refractivity contribution < 1.29 is 53.1 Å². The van der Waals surface area contributed by atoms with Crippen LogP contribution >= 0.6 is 0 Å². The molecule has 4 saturated heterocycles. The molecule has 11 nitrogen and oxygen atoms in total. The highest BCUT2D eigenvalue weighted by Crippen LogP contribution is 2.84. The minimum absolute atomic E-state index is 0.00515. The van der Waals surface area contributed by atoms with Gasteiger partial charge in [0.15, 0.2) is 11.9 Å². The molecule has 1 aromatic rings. The van der Waals surface area contributed by atoms with Crippen molar-refractivity contribution in [1.82, 2.24) is 0 Å². The van der Waals surface area contributed by atoms with Crippen LogP contribution in [-0.4, -0.2) is 81.9 Å². The number of allylic oxidation sites excluding steroid dienone is 1. The molecule has 1 aromatic heterocycles. The number of Topliss-reactive ketones (excluding diaryl/α,β-unsaturated/α-hetero) is 1. The Morgan fingerprint density at radius 1 is 1.09 bits per heavy atom. The number of cyclic esters (lactones) is 2. The zero-order valence-corrected chi connectivity index (χ0v) is 26.8. The van der Waals surface area contributed by atoms with Crippen molar-refractivity contribution in [3.05, 3.63) is 35.8 Å². The van der Waals surface area contributed by atoms with Crippen molar-refractivity contribution in [3.63, 3.8) is 0 Å². The van der Waals surface area contributed by atoms with Gasteiger partial charge in [0.2, 0.25) is 0 Å². The number of carbonyl (C=O) groups excluding carboxylic acids is 3.